The van der Waals surface area contributed by atoms with E-state index in [4.69, 9.17) is 10.2 Å². The summed E-state index contributed by atoms with van der Waals surface area (Å²) in [5, 5.41) is 19.3. The van der Waals surface area contributed by atoms with Gasteiger partial charge in [0, 0.05) is 12.8 Å². The van der Waals surface area contributed by atoms with E-state index in [9.17, 15) is 27.6 Å². The number of carbonyl (C=O) groups excluding carboxylic acids is 1. The van der Waals surface area contributed by atoms with E-state index in [-0.39, 0.29) is 19.3 Å². The molecule has 0 saturated heterocycles. The van der Waals surface area contributed by atoms with Crippen molar-refractivity contribution in [2.75, 3.05) is 13.2 Å². The Morgan fingerprint density at radius 3 is 2.24 bits per heavy atom. The largest absolute Gasteiger partial charge is 0.481 e. The van der Waals surface area contributed by atoms with Crippen molar-refractivity contribution < 1.29 is 42.5 Å². The van der Waals surface area contributed by atoms with Crippen LogP contribution >= 0.6 is 0 Å². The number of hydrogen-bond donors (Lipinski definition) is 3. The Morgan fingerprint density at radius 1 is 1.14 bits per heavy atom. The molecule has 7 nitrogen and oxygen atoms in total. The first-order valence-electron chi connectivity index (χ1n) is 6.00. The number of aliphatic carboxylic acids is 2. The summed E-state index contributed by atoms with van der Waals surface area (Å²) in [5.41, 5.74) is 0. The monoisotopic (exact) mass is 315 g/mol. The minimum atomic E-state index is -4.49. The Labute approximate surface area is 118 Å². The van der Waals surface area contributed by atoms with Crippen LogP contribution in [-0.2, 0) is 19.1 Å². The number of alkyl halides is 3. The number of nitrogens with one attached hydrogen (secondary N) is 1. The van der Waals surface area contributed by atoms with Gasteiger partial charge in [-0.05, 0) is 12.8 Å². The molecule has 0 unspecified atom stereocenters. The highest BCUT2D eigenvalue weighted by atomic mass is 19.4. The molecule has 0 heterocycles. The lowest BCUT2D eigenvalue weighted by atomic mass is 10.1. The summed E-state index contributed by atoms with van der Waals surface area (Å²) < 4.78 is 39.5. The molecule has 0 fully saturated rings. The van der Waals surface area contributed by atoms with Gasteiger partial charge < -0.3 is 20.3 Å². The molecular weight excluding hydrogens is 299 g/mol. The van der Waals surface area contributed by atoms with Crippen LogP contribution in [0.5, 0.6) is 0 Å². The Hall–Kier alpha value is -1.84. The molecule has 0 aromatic carbocycles. The number of ether oxygens (including phenoxy) is 1. The third-order valence-corrected chi connectivity index (χ3v) is 2.26. The molecule has 0 spiro atoms. The van der Waals surface area contributed by atoms with Crippen molar-refractivity contribution in [1.29, 1.82) is 0 Å². The van der Waals surface area contributed by atoms with Gasteiger partial charge in [0.1, 0.15) is 12.6 Å². The van der Waals surface area contributed by atoms with Crippen LogP contribution in [0.3, 0.4) is 0 Å². The summed E-state index contributed by atoms with van der Waals surface area (Å²) in [4.78, 5) is 32.4. The molecule has 122 valence electrons. The van der Waals surface area contributed by atoms with Gasteiger partial charge in [-0.1, -0.05) is 0 Å². The van der Waals surface area contributed by atoms with Gasteiger partial charge in [-0.15, -0.1) is 0 Å². The molecule has 0 aliphatic rings. The molecule has 0 saturated carbocycles. The molecule has 0 aliphatic heterocycles. The van der Waals surface area contributed by atoms with Gasteiger partial charge in [0.25, 0.3) is 0 Å². The molecule has 0 rings (SSSR count). The van der Waals surface area contributed by atoms with E-state index in [1.165, 1.54) is 0 Å². The summed E-state index contributed by atoms with van der Waals surface area (Å²) in [6, 6.07) is -1.28. The summed E-state index contributed by atoms with van der Waals surface area (Å²) in [7, 11) is 0. The normalized spacial score (nSPS) is 12.7. The smallest absolute Gasteiger partial charge is 0.411 e. The Bertz CT molecular complexity index is 371. The fourth-order valence-electron chi connectivity index (χ4n) is 1.33. The molecule has 0 aromatic heterocycles. The third-order valence-electron chi connectivity index (χ3n) is 2.26. The lowest BCUT2D eigenvalue weighted by molar-refractivity contribution is -0.174. The number of carboxylic acid groups (broad SMARTS) is 2. The zero-order valence-corrected chi connectivity index (χ0v) is 11.0. The second kappa shape index (κ2) is 9.16. The van der Waals surface area contributed by atoms with Crippen molar-refractivity contribution in [3.63, 3.8) is 0 Å². The van der Waals surface area contributed by atoms with Crippen molar-refractivity contribution >= 4 is 17.8 Å². The SMILES string of the molecule is O=C(O)CCC[C@@H](NC(=O)CCOCC(F)(F)F)C(=O)O. The van der Waals surface area contributed by atoms with Gasteiger partial charge in [-0.3, -0.25) is 9.59 Å². The van der Waals surface area contributed by atoms with E-state index in [2.05, 4.69) is 10.1 Å². The van der Waals surface area contributed by atoms with E-state index in [0.29, 0.717) is 0 Å². The molecular formula is C11H16F3NO6. The molecule has 0 aliphatic carbocycles. The molecule has 0 radical (unpaired) electrons. The summed E-state index contributed by atoms with van der Waals surface area (Å²) in [6.45, 7) is -1.98. The highest BCUT2D eigenvalue weighted by molar-refractivity contribution is 5.83. The van der Waals surface area contributed by atoms with Crippen LogP contribution in [0.1, 0.15) is 25.7 Å². The second-order valence-electron chi connectivity index (χ2n) is 4.16. The molecule has 1 atom stereocenters. The topological polar surface area (TPSA) is 113 Å². The van der Waals surface area contributed by atoms with Crippen molar-refractivity contribution in [3.8, 4) is 0 Å². The van der Waals surface area contributed by atoms with Crippen molar-refractivity contribution in [2.45, 2.75) is 37.9 Å². The molecule has 0 aromatic rings. The van der Waals surface area contributed by atoms with Gasteiger partial charge in [0.15, 0.2) is 0 Å². The Morgan fingerprint density at radius 2 is 1.76 bits per heavy atom. The first kappa shape index (κ1) is 19.2. The predicted octanol–water partition coefficient (Wildman–Crippen LogP) is 0.780. The second-order valence-corrected chi connectivity index (χ2v) is 4.16. The van der Waals surface area contributed by atoms with Crippen LogP contribution in [-0.4, -0.2) is 53.5 Å². The number of amides is 1. The number of rotatable bonds is 10. The fraction of sp³-hybridized carbons (Fsp3) is 0.727. The van der Waals surface area contributed by atoms with Gasteiger partial charge in [0.05, 0.1) is 6.61 Å². The molecule has 0 bridgehead atoms. The molecule has 10 heteroatoms. The first-order chi connectivity index (χ1) is 9.61. The minimum absolute atomic E-state index is 0.0527. The van der Waals surface area contributed by atoms with Crippen LogP contribution in [0.4, 0.5) is 13.2 Å². The predicted molar refractivity (Wildman–Crippen MR) is 62.5 cm³/mol. The minimum Gasteiger partial charge on any atom is -0.481 e. The van der Waals surface area contributed by atoms with E-state index in [1.807, 2.05) is 0 Å². The summed E-state index contributed by atoms with van der Waals surface area (Å²) in [5.74, 6) is -3.21. The quantitative estimate of drug-likeness (QED) is 0.513. The Kier molecular flexibility index (Phi) is 8.36. The zero-order chi connectivity index (χ0) is 16.5. The van der Waals surface area contributed by atoms with E-state index >= 15 is 0 Å². The molecule has 3 N–H and O–H groups in total. The third kappa shape index (κ3) is 11.7. The maximum absolute atomic E-state index is 11.7. The first-order valence-corrected chi connectivity index (χ1v) is 6.00. The number of halogens is 3. The van der Waals surface area contributed by atoms with Crippen LogP contribution in [0, 0.1) is 0 Å². The highest BCUT2D eigenvalue weighted by Gasteiger charge is 2.27. The van der Waals surface area contributed by atoms with Crippen LogP contribution in [0.2, 0.25) is 0 Å². The van der Waals surface area contributed by atoms with E-state index in [1.54, 1.807) is 0 Å². The lowest BCUT2D eigenvalue weighted by Crippen LogP contribution is -2.41. The van der Waals surface area contributed by atoms with Gasteiger partial charge in [0.2, 0.25) is 5.91 Å². The number of carbonyl (C=O) groups is 3. The lowest BCUT2D eigenvalue weighted by Gasteiger charge is -2.14. The average Bonchev–Trinajstić information content (AvgIpc) is 2.31. The highest BCUT2D eigenvalue weighted by Crippen LogP contribution is 2.14. The number of carboxylic acids is 2. The van der Waals surface area contributed by atoms with Crippen LogP contribution in [0.25, 0.3) is 0 Å². The maximum Gasteiger partial charge on any atom is 0.411 e. The zero-order valence-electron chi connectivity index (χ0n) is 11.0. The molecule has 1 amide bonds. The van der Waals surface area contributed by atoms with Crippen LogP contribution in [0.15, 0.2) is 0 Å². The molecule has 21 heavy (non-hydrogen) atoms. The van der Waals surface area contributed by atoms with Gasteiger partial charge in [-0.2, -0.15) is 13.2 Å². The summed E-state index contributed by atoms with van der Waals surface area (Å²) >= 11 is 0. The van der Waals surface area contributed by atoms with Crippen LogP contribution < -0.4 is 5.32 Å². The standard InChI is InChI=1S/C11H16F3NO6/c12-11(13,14)6-21-5-4-8(16)15-7(10(19)20)2-1-3-9(17)18/h7H,1-6H2,(H,15,16)(H,17,18)(H,19,20)/t7-/m1/s1. The Balaban J connectivity index is 4.00. The average molecular weight is 315 g/mol. The van der Waals surface area contributed by atoms with Crippen molar-refractivity contribution in [2.24, 2.45) is 0 Å². The summed E-state index contributed by atoms with van der Waals surface area (Å²) in [6.07, 6.45) is -5.18. The van der Waals surface area contributed by atoms with E-state index in [0.717, 1.165) is 0 Å². The van der Waals surface area contributed by atoms with Gasteiger partial charge in [-0.25, -0.2) is 4.79 Å². The fourth-order valence-corrected chi connectivity index (χ4v) is 1.33. The van der Waals surface area contributed by atoms with E-state index < -0.39 is 49.7 Å². The number of hydrogen-bond acceptors (Lipinski definition) is 4. The maximum atomic E-state index is 11.7. The van der Waals surface area contributed by atoms with Crippen molar-refractivity contribution in [1.82, 2.24) is 5.32 Å². The van der Waals surface area contributed by atoms with Gasteiger partial charge >= 0.3 is 18.1 Å². The van der Waals surface area contributed by atoms with Crippen molar-refractivity contribution in [3.05, 3.63) is 0 Å².